The zero-order chi connectivity index (χ0) is 30.1. The molecule has 0 aromatic heterocycles. The molecule has 0 aliphatic carbocycles. The molecule has 0 spiro atoms. The second-order valence-electron chi connectivity index (χ2n) is 11.6. The summed E-state index contributed by atoms with van der Waals surface area (Å²) < 4.78 is 92.4. The van der Waals surface area contributed by atoms with E-state index in [2.05, 4.69) is 20.0 Å². The second-order valence-corrected chi connectivity index (χ2v) is 41.7. The third kappa shape index (κ3) is 5.91. The van der Waals surface area contributed by atoms with Gasteiger partial charge >= 0.3 is 70.7 Å². The molecule has 8 bridgehead atoms. The molecule has 6 aliphatic heterocycles. The Bertz CT molecular complexity index is 873. The van der Waals surface area contributed by atoms with Gasteiger partial charge in [-0.05, 0) is 19.1 Å². The summed E-state index contributed by atoms with van der Waals surface area (Å²) in [5, 5.41) is 0. The molecular formula is C19H48O13Si9. The van der Waals surface area contributed by atoms with Crippen molar-refractivity contribution in [1.29, 1.82) is 0 Å². The standard InChI is InChI=1S/C19H48O13Si9/c1-11-19-33(9,10)20-41-30-38(16-6)24-35(13-3)21-34(12-2)22-36(14-4,26-38)28-40(18-8,32-41)29-37(15-5,23-34)27-39(17-7,25-35)31-41/h11-19H2,1-10H3. The highest BCUT2D eigenvalue weighted by atomic mass is 28.6. The lowest BCUT2D eigenvalue weighted by atomic mass is 10.6. The molecule has 6 saturated heterocycles. The van der Waals surface area contributed by atoms with E-state index in [1.165, 1.54) is 0 Å². The molecule has 0 atom stereocenters. The molecule has 13 nitrogen and oxygen atoms in total. The molecule has 41 heavy (non-hydrogen) atoms. The molecule has 22 heteroatoms. The second kappa shape index (κ2) is 11.3. The minimum absolute atomic E-state index is 0.398. The van der Waals surface area contributed by atoms with Crippen molar-refractivity contribution in [3.63, 3.8) is 0 Å². The molecule has 6 fully saturated rings. The fourth-order valence-electron chi connectivity index (χ4n) is 5.77. The Morgan fingerprint density at radius 1 is 0.390 bits per heavy atom. The predicted molar refractivity (Wildman–Crippen MR) is 166 cm³/mol. The molecule has 6 heterocycles. The highest BCUT2D eigenvalue weighted by Gasteiger charge is 2.83. The Morgan fingerprint density at radius 3 is 0.805 bits per heavy atom. The van der Waals surface area contributed by atoms with Gasteiger partial charge in [-0.2, -0.15) is 0 Å². The first-order valence-electron chi connectivity index (χ1n) is 15.3. The molecule has 0 unspecified atom stereocenters. The maximum absolute atomic E-state index is 7.15. The molecule has 0 N–H and O–H groups in total. The molecule has 6 rings (SSSR count). The lowest BCUT2D eigenvalue weighted by Gasteiger charge is -2.62. The van der Waals surface area contributed by atoms with Gasteiger partial charge in [-0.25, -0.2) is 0 Å². The maximum Gasteiger partial charge on any atom is 0.646 e. The van der Waals surface area contributed by atoms with Gasteiger partial charge < -0.3 is 53.5 Å². The van der Waals surface area contributed by atoms with E-state index in [0.29, 0.717) is 42.3 Å². The van der Waals surface area contributed by atoms with Crippen LogP contribution in [0.15, 0.2) is 0 Å². The van der Waals surface area contributed by atoms with Crippen LogP contribution >= 0.6 is 0 Å². The van der Waals surface area contributed by atoms with E-state index in [1.54, 1.807) is 0 Å². The summed E-state index contributed by atoms with van der Waals surface area (Å²) in [5.41, 5.74) is 0. The minimum atomic E-state index is -4.16. The molecule has 238 valence electrons. The summed E-state index contributed by atoms with van der Waals surface area (Å²) in [6.45, 7) is 20.3. The van der Waals surface area contributed by atoms with Crippen LogP contribution in [-0.2, 0) is 53.5 Å². The van der Waals surface area contributed by atoms with Crippen LogP contribution in [0.3, 0.4) is 0 Å². The van der Waals surface area contributed by atoms with Crippen molar-refractivity contribution in [3.8, 4) is 0 Å². The van der Waals surface area contributed by atoms with Crippen molar-refractivity contribution in [1.82, 2.24) is 0 Å². The first kappa shape index (κ1) is 33.8. The third-order valence-electron chi connectivity index (χ3n) is 7.92. The van der Waals surface area contributed by atoms with E-state index < -0.39 is 79.0 Å². The van der Waals surface area contributed by atoms with Gasteiger partial charge in [0.05, 0.1) is 0 Å². The Morgan fingerprint density at radius 2 is 0.610 bits per heavy atom. The molecular weight excluding hydrogens is 689 g/mol. The zero-order valence-corrected chi connectivity index (χ0v) is 35.2. The minimum Gasteiger partial charge on any atom is -0.395 e. The number of hydrogen-bond acceptors (Lipinski definition) is 13. The first-order chi connectivity index (χ1) is 19.2. The van der Waals surface area contributed by atoms with Crippen molar-refractivity contribution < 1.29 is 53.5 Å². The van der Waals surface area contributed by atoms with E-state index in [1.807, 2.05) is 48.5 Å². The van der Waals surface area contributed by atoms with Crippen LogP contribution in [0.25, 0.3) is 0 Å². The van der Waals surface area contributed by atoms with Gasteiger partial charge in [0.2, 0.25) is 0 Å². The van der Waals surface area contributed by atoms with E-state index in [9.17, 15) is 0 Å². The summed E-state index contributed by atoms with van der Waals surface area (Å²) in [6.07, 6.45) is 0.947. The highest BCUT2D eigenvalue weighted by molar-refractivity contribution is 7.03. The van der Waals surface area contributed by atoms with Gasteiger partial charge in [0.25, 0.3) is 0 Å². The highest BCUT2D eigenvalue weighted by Crippen LogP contribution is 2.53. The fourth-order valence-corrected chi connectivity index (χ4v) is 58.5. The fraction of sp³-hybridized carbons (Fsp3) is 1.00. The van der Waals surface area contributed by atoms with Crippen molar-refractivity contribution >= 4 is 79.0 Å². The monoisotopic (exact) mass is 736 g/mol. The quantitative estimate of drug-likeness (QED) is 0.264. The summed E-state index contributed by atoms with van der Waals surface area (Å²) in [5.74, 6) is 0. The average Bonchev–Trinajstić information content (AvgIpc) is 2.87. The third-order valence-corrected chi connectivity index (χ3v) is 48.0. The van der Waals surface area contributed by atoms with Crippen molar-refractivity contribution in [3.05, 3.63) is 0 Å². The normalized spacial score (nSPS) is 49.3. The van der Waals surface area contributed by atoms with Crippen LogP contribution in [0, 0.1) is 0 Å². The van der Waals surface area contributed by atoms with Crippen molar-refractivity contribution in [2.45, 2.75) is 123 Å². The van der Waals surface area contributed by atoms with Crippen LogP contribution in [0.2, 0.25) is 61.4 Å². The van der Waals surface area contributed by atoms with Crippen LogP contribution in [-0.4, -0.2) is 79.0 Å². The van der Waals surface area contributed by atoms with E-state index in [0.717, 1.165) is 12.5 Å². The lowest BCUT2D eigenvalue weighted by molar-refractivity contribution is -0.0459. The van der Waals surface area contributed by atoms with Gasteiger partial charge in [0, 0.05) is 42.3 Å². The first-order valence-corrected chi connectivity index (χ1v) is 33.6. The maximum atomic E-state index is 7.15. The number of hydrogen-bond donors (Lipinski definition) is 0. The van der Waals surface area contributed by atoms with Crippen molar-refractivity contribution in [2.24, 2.45) is 0 Å². The lowest BCUT2D eigenvalue weighted by Crippen LogP contribution is -2.88. The van der Waals surface area contributed by atoms with Gasteiger partial charge in [0.15, 0.2) is 8.32 Å². The Kier molecular flexibility index (Phi) is 9.31. The Labute approximate surface area is 254 Å². The largest absolute Gasteiger partial charge is 0.646 e. The molecule has 0 aromatic carbocycles. The van der Waals surface area contributed by atoms with E-state index >= 15 is 0 Å². The summed E-state index contributed by atoms with van der Waals surface area (Å²) in [4.78, 5) is 0. The van der Waals surface area contributed by atoms with Gasteiger partial charge in [-0.3, -0.25) is 0 Å². The summed E-state index contributed by atoms with van der Waals surface area (Å²) in [6, 6.07) is 3.81. The van der Waals surface area contributed by atoms with Crippen LogP contribution in [0.4, 0.5) is 0 Å². The summed E-state index contributed by atoms with van der Waals surface area (Å²) in [7, 11) is -32.2. The van der Waals surface area contributed by atoms with Crippen LogP contribution < -0.4 is 0 Å². The van der Waals surface area contributed by atoms with Gasteiger partial charge in [-0.1, -0.05) is 61.8 Å². The van der Waals surface area contributed by atoms with Crippen LogP contribution in [0.1, 0.15) is 61.8 Å². The average molecular weight is 737 g/mol. The zero-order valence-electron chi connectivity index (χ0n) is 26.2. The molecule has 6 aliphatic rings. The van der Waals surface area contributed by atoms with E-state index in [-0.39, 0.29) is 0 Å². The topological polar surface area (TPSA) is 120 Å². The van der Waals surface area contributed by atoms with E-state index in [4.69, 9.17) is 53.5 Å². The predicted octanol–water partition coefficient (Wildman–Crippen LogP) is 5.03. The molecule has 0 amide bonds. The van der Waals surface area contributed by atoms with Gasteiger partial charge in [0.1, 0.15) is 0 Å². The van der Waals surface area contributed by atoms with Gasteiger partial charge in [-0.15, -0.1) is 0 Å². The number of rotatable bonds is 11. The Hall–Kier alpha value is 1.43. The SMILES string of the molecule is CCC[Si](C)(C)O[Si]12O[Si]3(CC)O[Si]4(CC)O[Si]5(CC)O[Si](CC)(O3)O[Si](CC)(O[Si](CC)(O5)O[Si](CC)(O4)O1)O2. The molecule has 0 radical (unpaired) electrons. The van der Waals surface area contributed by atoms with Crippen molar-refractivity contribution in [2.75, 3.05) is 0 Å². The molecule has 0 aromatic rings. The smallest absolute Gasteiger partial charge is 0.395 e. The van der Waals surface area contributed by atoms with Crippen LogP contribution in [0.5, 0.6) is 0 Å². The summed E-state index contributed by atoms with van der Waals surface area (Å²) >= 11 is 0. The molecule has 0 saturated carbocycles. The Balaban J connectivity index is 1.85.